The molecule has 0 aromatic heterocycles. The van der Waals surface area contributed by atoms with Crippen molar-refractivity contribution in [2.75, 3.05) is 13.8 Å². The first-order valence-corrected chi connectivity index (χ1v) is 3.73. The summed E-state index contributed by atoms with van der Waals surface area (Å²) in [4.78, 5) is 0. The van der Waals surface area contributed by atoms with Gasteiger partial charge in [-0.15, -0.1) is 0 Å². The number of alkyl halides is 1. The van der Waals surface area contributed by atoms with E-state index in [0.717, 1.165) is 11.3 Å². The van der Waals surface area contributed by atoms with Gasteiger partial charge in [-0.1, -0.05) is 12.1 Å². The highest BCUT2D eigenvalue weighted by molar-refractivity contribution is 5.28. The summed E-state index contributed by atoms with van der Waals surface area (Å²) in [6.07, 6.45) is 0. The van der Waals surface area contributed by atoms with Crippen LogP contribution in [0.3, 0.4) is 0 Å². The van der Waals surface area contributed by atoms with E-state index in [1.54, 1.807) is 31.4 Å². The molecule has 1 rings (SSSR count). The molecule has 0 saturated carbocycles. The summed E-state index contributed by atoms with van der Waals surface area (Å²) >= 11 is 0. The minimum Gasteiger partial charge on any atom is -0.497 e. The molecule has 0 fully saturated rings. The van der Waals surface area contributed by atoms with Crippen LogP contribution < -0.4 is 10.5 Å². The van der Waals surface area contributed by atoms with Crippen LogP contribution in [0.15, 0.2) is 24.3 Å². The number of ether oxygens (including phenoxy) is 1. The summed E-state index contributed by atoms with van der Waals surface area (Å²) in [5, 5.41) is 0. The molecular weight excluding hydrogens is 157 g/mol. The fourth-order valence-corrected chi connectivity index (χ4v) is 0.940. The molecule has 0 bridgehead atoms. The Morgan fingerprint density at radius 2 is 2.00 bits per heavy atom. The van der Waals surface area contributed by atoms with Gasteiger partial charge >= 0.3 is 0 Å². The second kappa shape index (κ2) is 4.07. The molecular formula is C9H12FNO. The molecule has 0 saturated heterocycles. The third-order valence-electron chi connectivity index (χ3n) is 1.71. The predicted octanol–water partition coefficient (Wildman–Crippen LogP) is 1.66. The Bertz CT molecular complexity index is 235. The zero-order valence-corrected chi connectivity index (χ0v) is 6.96. The lowest BCUT2D eigenvalue weighted by molar-refractivity contribution is 0.413. The standard InChI is InChI=1S/C9H12FNO/c1-12-8-4-2-7(3-5-8)9(11)6-10/h2-5,9H,6,11H2,1H3. The van der Waals surface area contributed by atoms with Crippen molar-refractivity contribution in [2.45, 2.75) is 6.04 Å². The van der Waals surface area contributed by atoms with Crippen molar-refractivity contribution in [3.63, 3.8) is 0 Å². The smallest absolute Gasteiger partial charge is 0.118 e. The van der Waals surface area contributed by atoms with E-state index >= 15 is 0 Å². The quantitative estimate of drug-likeness (QED) is 0.746. The van der Waals surface area contributed by atoms with Crippen molar-refractivity contribution in [3.8, 4) is 5.75 Å². The largest absolute Gasteiger partial charge is 0.497 e. The van der Waals surface area contributed by atoms with E-state index in [1.165, 1.54) is 0 Å². The molecule has 66 valence electrons. The van der Waals surface area contributed by atoms with Gasteiger partial charge in [0.25, 0.3) is 0 Å². The van der Waals surface area contributed by atoms with Crippen LogP contribution in [0.1, 0.15) is 11.6 Å². The van der Waals surface area contributed by atoms with E-state index in [1.807, 2.05) is 0 Å². The molecule has 0 heterocycles. The molecule has 2 N–H and O–H groups in total. The first-order valence-electron chi connectivity index (χ1n) is 3.73. The minimum atomic E-state index is -0.535. The van der Waals surface area contributed by atoms with Crippen LogP contribution in [-0.2, 0) is 0 Å². The molecule has 12 heavy (non-hydrogen) atoms. The van der Waals surface area contributed by atoms with Gasteiger partial charge in [0.1, 0.15) is 12.4 Å². The number of methoxy groups -OCH3 is 1. The first-order chi connectivity index (χ1) is 5.77. The summed E-state index contributed by atoms with van der Waals surface area (Å²) in [5.41, 5.74) is 6.26. The van der Waals surface area contributed by atoms with Crippen LogP contribution >= 0.6 is 0 Å². The lowest BCUT2D eigenvalue weighted by atomic mass is 10.1. The number of halogens is 1. The van der Waals surface area contributed by atoms with Gasteiger partial charge in [-0.2, -0.15) is 0 Å². The van der Waals surface area contributed by atoms with Gasteiger partial charge in [0.05, 0.1) is 13.2 Å². The lowest BCUT2D eigenvalue weighted by Gasteiger charge is -2.07. The van der Waals surface area contributed by atoms with E-state index in [0.29, 0.717) is 0 Å². The van der Waals surface area contributed by atoms with Crippen molar-refractivity contribution in [1.29, 1.82) is 0 Å². The topological polar surface area (TPSA) is 35.2 Å². The van der Waals surface area contributed by atoms with E-state index in [-0.39, 0.29) is 0 Å². The summed E-state index contributed by atoms with van der Waals surface area (Å²) in [6, 6.07) is 6.55. The van der Waals surface area contributed by atoms with E-state index < -0.39 is 12.7 Å². The Balaban J connectivity index is 2.77. The highest BCUT2D eigenvalue weighted by atomic mass is 19.1. The third-order valence-corrected chi connectivity index (χ3v) is 1.71. The Morgan fingerprint density at radius 3 is 2.42 bits per heavy atom. The Morgan fingerprint density at radius 1 is 1.42 bits per heavy atom. The van der Waals surface area contributed by atoms with Crippen molar-refractivity contribution in [2.24, 2.45) is 5.73 Å². The average Bonchev–Trinajstić information content (AvgIpc) is 2.17. The molecule has 0 aliphatic heterocycles. The van der Waals surface area contributed by atoms with Crippen LogP contribution in [-0.4, -0.2) is 13.8 Å². The maximum absolute atomic E-state index is 12.1. The maximum Gasteiger partial charge on any atom is 0.118 e. The summed E-state index contributed by atoms with van der Waals surface area (Å²) in [5.74, 6) is 0.754. The highest BCUT2D eigenvalue weighted by Gasteiger charge is 2.03. The van der Waals surface area contributed by atoms with Gasteiger partial charge < -0.3 is 10.5 Å². The summed E-state index contributed by atoms with van der Waals surface area (Å²) < 4.78 is 17.0. The fraction of sp³-hybridized carbons (Fsp3) is 0.333. The highest BCUT2D eigenvalue weighted by Crippen LogP contribution is 2.15. The Kier molecular flexibility index (Phi) is 3.05. The predicted molar refractivity (Wildman–Crippen MR) is 45.9 cm³/mol. The molecule has 0 radical (unpaired) electrons. The minimum absolute atomic E-state index is 0.518. The molecule has 0 amide bonds. The Labute approximate surface area is 71.1 Å². The van der Waals surface area contributed by atoms with Crippen molar-refractivity contribution < 1.29 is 9.13 Å². The zero-order valence-electron chi connectivity index (χ0n) is 6.96. The fourth-order valence-electron chi connectivity index (χ4n) is 0.940. The number of rotatable bonds is 3. The van der Waals surface area contributed by atoms with Crippen LogP contribution in [0, 0.1) is 0 Å². The third kappa shape index (κ3) is 1.95. The van der Waals surface area contributed by atoms with Crippen LogP contribution in [0.25, 0.3) is 0 Å². The molecule has 1 atom stereocenters. The van der Waals surface area contributed by atoms with Crippen LogP contribution in [0.4, 0.5) is 4.39 Å². The number of nitrogens with two attached hydrogens (primary N) is 1. The van der Waals surface area contributed by atoms with E-state index in [4.69, 9.17) is 10.5 Å². The van der Waals surface area contributed by atoms with Gasteiger partial charge in [-0.25, -0.2) is 4.39 Å². The van der Waals surface area contributed by atoms with Crippen molar-refractivity contribution in [3.05, 3.63) is 29.8 Å². The van der Waals surface area contributed by atoms with Gasteiger partial charge in [0.2, 0.25) is 0 Å². The van der Waals surface area contributed by atoms with Crippen molar-refractivity contribution >= 4 is 0 Å². The molecule has 1 aromatic carbocycles. The van der Waals surface area contributed by atoms with Crippen molar-refractivity contribution in [1.82, 2.24) is 0 Å². The molecule has 2 nitrogen and oxygen atoms in total. The zero-order chi connectivity index (χ0) is 8.97. The summed E-state index contributed by atoms with van der Waals surface area (Å²) in [7, 11) is 1.59. The molecule has 1 aromatic rings. The lowest BCUT2D eigenvalue weighted by Crippen LogP contribution is -2.11. The molecule has 1 unspecified atom stereocenters. The number of benzene rings is 1. The monoisotopic (exact) mass is 169 g/mol. The number of hydrogen-bond acceptors (Lipinski definition) is 2. The second-order valence-electron chi connectivity index (χ2n) is 2.53. The molecule has 3 heteroatoms. The van der Waals surface area contributed by atoms with E-state index in [2.05, 4.69) is 0 Å². The molecule has 0 aliphatic rings. The normalized spacial score (nSPS) is 12.6. The van der Waals surface area contributed by atoms with Gasteiger partial charge in [0, 0.05) is 0 Å². The molecule has 0 spiro atoms. The second-order valence-corrected chi connectivity index (χ2v) is 2.53. The summed E-state index contributed by atoms with van der Waals surface area (Å²) in [6.45, 7) is -0.535. The Hall–Kier alpha value is -1.09. The van der Waals surface area contributed by atoms with Gasteiger partial charge in [0.15, 0.2) is 0 Å². The van der Waals surface area contributed by atoms with Crippen LogP contribution in [0.2, 0.25) is 0 Å². The SMILES string of the molecule is COc1ccc(C(N)CF)cc1. The van der Waals surface area contributed by atoms with Crippen LogP contribution in [0.5, 0.6) is 5.75 Å². The maximum atomic E-state index is 12.1. The van der Waals surface area contributed by atoms with Gasteiger partial charge in [-0.3, -0.25) is 0 Å². The van der Waals surface area contributed by atoms with Gasteiger partial charge in [-0.05, 0) is 17.7 Å². The number of hydrogen-bond donors (Lipinski definition) is 1. The average molecular weight is 169 g/mol. The van der Waals surface area contributed by atoms with E-state index in [9.17, 15) is 4.39 Å². The molecule has 0 aliphatic carbocycles. The first kappa shape index (κ1) is 9.00.